The van der Waals surface area contributed by atoms with Crippen LogP contribution in [0.25, 0.3) is 0 Å². The van der Waals surface area contributed by atoms with Gasteiger partial charge in [0, 0.05) is 0 Å². The topological polar surface area (TPSA) is 12.0 Å². The predicted molar refractivity (Wildman–Crippen MR) is 95.7 cm³/mol. The zero-order chi connectivity index (χ0) is 11.6. The summed E-state index contributed by atoms with van der Waals surface area (Å²) in [6, 6.07) is 0. The van der Waals surface area contributed by atoms with Gasteiger partial charge in [0.15, 0.2) is 0 Å². The van der Waals surface area contributed by atoms with E-state index in [9.17, 15) is 0 Å². The standard InChI is InChI=1S/C11H22I3N/c1-15-10-8-6-4-2-3-5-7-9-11(12,13)14/h15H,2-10H2,1H3. The number of hydrogen-bond donors (Lipinski definition) is 1. The van der Waals surface area contributed by atoms with Crippen molar-refractivity contribution in [2.24, 2.45) is 0 Å². The van der Waals surface area contributed by atoms with E-state index in [2.05, 4.69) is 73.1 Å². The summed E-state index contributed by atoms with van der Waals surface area (Å²) in [5, 5.41) is 3.19. The van der Waals surface area contributed by atoms with Crippen molar-refractivity contribution < 1.29 is 0 Å². The Morgan fingerprint density at radius 3 is 1.73 bits per heavy atom. The van der Waals surface area contributed by atoms with E-state index >= 15 is 0 Å². The van der Waals surface area contributed by atoms with Gasteiger partial charge in [0.05, 0.1) is 0 Å². The number of halogens is 3. The van der Waals surface area contributed by atoms with Gasteiger partial charge in [0.1, 0.15) is -0.565 Å². The van der Waals surface area contributed by atoms with Gasteiger partial charge in [0.2, 0.25) is 0 Å². The molecule has 0 radical (unpaired) electrons. The van der Waals surface area contributed by atoms with Crippen molar-refractivity contribution in [3.63, 3.8) is 0 Å². The normalized spacial score (nSPS) is 12.0. The molecule has 0 aromatic carbocycles. The van der Waals surface area contributed by atoms with Crippen LogP contribution in [-0.4, -0.2) is 13.0 Å². The maximum Gasteiger partial charge on any atom is 0.124 e. The van der Waals surface area contributed by atoms with Gasteiger partial charge >= 0.3 is 0 Å². The second kappa shape index (κ2) is 11.3. The summed E-state index contributed by atoms with van der Waals surface area (Å²) in [6.07, 6.45) is 11.2. The molecular formula is C11H22I3N. The quantitative estimate of drug-likeness (QED) is 0.222. The molecule has 0 amide bonds. The zero-order valence-electron chi connectivity index (χ0n) is 9.50. The number of rotatable bonds is 10. The van der Waals surface area contributed by atoms with Crippen LogP contribution in [0.1, 0.15) is 51.4 Å². The first-order chi connectivity index (χ1) is 7.06. The Balaban J connectivity index is 2.99. The molecule has 0 saturated carbocycles. The molecule has 0 saturated heterocycles. The van der Waals surface area contributed by atoms with Crippen LogP contribution in [-0.2, 0) is 0 Å². The number of alkyl halides is 3. The van der Waals surface area contributed by atoms with E-state index in [0.29, 0.717) is -0.565 Å². The lowest BCUT2D eigenvalue weighted by Gasteiger charge is -2.11. The van der Waals surface area contributed by atoms with Gasteiger partial charge in [-0.15, -0.1) is 0 Å². The Kier molecular flexibility index (Phi) is 12.9. The van der Waals surface area contributed by atoms with Gasteiger partial charge < -0.3 is 5.32 Å². The molecule has 0 aromatic rings. The third-order valence-corrected chi connectivity index (χ3v) is 4.01. The highest BCUT2D eigenvalue weighted by atomic mass is 127. The van der Waals surface area contributed by atoms with Crippen LogP contribution in [0.15, 0.2) is 0 Å². The Bertz CT molecular complexity index is 134. The summed E-state index contributed by atoms with van der Waals surface area (Å²) >= 11 is 7.58. The SMILES string of the molecule is CNCCCCCCCCCC(I)(I)I. The first kappa shape index (κ1) is 17.2. The molecule has 0 aliphatic rings. The van der Waals surface area contributed by atoms with Crippen molar-refractivity contribution in [1.82, 2.24) is 5.32 Å². The van der Waals surface area contributed by atoms with Crippen molar-refractivity contribution in [3.05, 3.63) is 0 Å². The van der Waals surface area contributed by atoms with Crippen molar-refractivity contribution >= 4 is 67.8 Å². The molecule has 1 nitrogen and oxygen atoms in total. The first-order valence-electron chi connectivity index (χ1n) is 5.77. The summed E-state index contributed by atoms with van der Waals surface area (Å²) in [5.41, 5.74) is 0. The predicted octanol–water partition coefficient (Wildman–Crippen LogP) is 5.29. The fourth-order valence-corrected chi connectivity index (χ4v) is 2.66. The van der Waals surface area contributed by atoms with Crippen molar-refractivity contribution in [3.8, 4) is 0 Å². The first-order valence-corrected chi connectivity index (χ1v) is 9.01. The van der Waals surface area contributed by atoms with E-state index in [1.165, 1.54) is 57.9 Å². The fraction of sp³-hybridized carbons (Fsp3) is 1.00. The van der Waals surface area contributed by atoms with Crippen LogP contribution in [0.2, 0.25) is 0 Å². The summed E-state index contributed by atoms with van der Waals surface area (Å²) in [6.45, 7) is 1.18. The van der Waals surface area contributed by atoms with Crippen LogP contribution in [0.5, 0.6) is 0 Å². The lowest BCUT2D eigenvalue weighted by molar-refractivity contribution is 0.567. The number of nitrogens with one attached hydrogen (secondary N) is 1. The van der Waals surface area contributed by atoms with E-state index in [0.717, 1.165) is 0 Å². The van der Waals surface area contributed by atoms with Gasteiger partial charge in [-0.05, 0) is 26.4 Å². The lowest BCUT2D eigenvalue weighted by Crippen LogP contribution is -2.06. The van der Waals surface area contributed by atoms with E-state index in [4.69, 9.17) is 0 Å². The third-order valence-electron chi connectivity index (χ3n) is 2.39. The summed E-state index contributed by atoms with van der Waals surface area (Å²) < 4.78 is 0.445. The highest BCUT2D eigenvalue weighted by Gasteiger charge is 2.15. The molecule has 92 valence electrons. The smallest absolute Gasteiger partial charge is 0.124 e. The molecule has 0 bridgehead atoms. The summed E-state index contributed by atoms with van der Waals surface area (Å²) in [5.74, 6) is 0. The van der Waals surface area contributed by atoms with Gasteiger partial charge in [-0.1, -0.05) is 106 Å². The minimum atomic E-state index is 0.445. The maximum absolute atomic E-state index is 3.19. The van der Waals surface area contributed by atoms with Gasteiger partial charge in [0.25, 0.3) is 0 Å². The molecule has 1 N–H and O–H groups in total. The van der Waals surface area contributed by atoms with Crippen LogP contribution in [0.4, 0.5) is 0 Å². The highest BCUT2D eigenvalue weighted by Crippen LogP contribution is 2.40. The molecular weight excluding hydrogens is 527 g/mol. The second-order valence-electron chi connectivity index (χ2n) is 3.94. The van der Waals surface area contributed by atoms with Crippen LogP contribution >= 0.6 is 67.8 Å². The summed E-state index contributed by atoms with van der Waals surface area (Å²) in [7, 11) is 2.03. The Morgan fingerprint density at radius 2 is 1.27 bits per heavy atom. The maximum atomic E-state index is 3.19. The van der Waals surface area contributed by atoms with Crippen molar-refractivity contribution in [2.45, 2.75) is 50.8 Å². The average Bonchev–Trinajstić information content (AvgIpc) is 2.14. The van der Waals surface area contributed by atoms with Crippen LogP contribution in [0, 0.1) is 0 Å². The van der Waals surface area contributed by atoms with E-state index in [-0.39, 0.29) is 0 Å². The molecule has 0 atom stereocenters. The fourth-order valence-electron chi connectivity index (χ4n) is 1.51. The monoisotopic (exact) mass is 549 g/mol. The van der Waals surface area contributed by atoms with Crippen LogP contribution in [0.3, 0.4) is 0 Å². The molecule has 0 aliphatic heterocycles. The molecule has 0 unspecified atom stereocenters. The van der Waals surface area contributed by atoms with Gasteiger partial charge in [-0.2, -0.15) is 0 Å². The number of unbranched alkanes of at least 4 members (excludes halogenated alkanes) is 6. The molecule has 0 rings (SSSR count). The molecule has 0 spiro atoms. The molecule has 0 heterocycles. The van der Waals surface area contributed by atoms with Crippen molar-refractivity contribution in [2.75, 3.05) is 13.6 Å². The molecule has 0 aliphatic carbocycles. The van der Waals surface area contributed by atoms with Crippen LogP contribution < -0.4 is 5.32 Å². The molecule has 15 heavy (non-hydrogen) atoms. The highest BCUT2D eigenvalue weighted by molar-refractivity contribution is 14.3. The Hall–Kier alpha value is 2.15. The van der Waals surface area contributed by atoms with Gasteiger partial charge in [-0.25, -0.2) is 0 Å². The van der Waals surface area contributed by atoms with Gasteiger partial charge in [-0.3, -0.25) is 0 Å². The molecule has 0 aromatic heterocycles. The zero-order valence-corrected chi connectivity index (χ0v) is 16.0. The second-order valence-corrected chi connectivity index (χ2v) is 15.7. The minimum Gasteiger partial charge on any atom is -0.320 e. The minimum absolute atomic E-state index is 0.445. The Labute approximate surface area is 136 Å². The molecule has 0 fully saturated rings. The van der Waals surface area contributed by atoms with Crippen molar-refractivity contribution in [1.29, 1.82) is 0 Å². The van der Waals surface area contributed by atoms with E-state index < -0.39 is 0 Å². The third kappa shape index (κ3) is 16.1. The molecule has 4 heteroatoms. The lowest BCUT2D eigenvalue weighted by atomic mass is 10.1. The average molecular weight is 549 g/mol. The van der Waals surface area contributed by atoms with E-state index in [1.54, 1.807) is 0 Å². The Morgan fingerprint density at radius 1 is 0.800 bits per heavy atom. The largest absolute Gasteiger partial charge is 0.320 e. The summed E-state index contributed by atoms with van der Waals surface area (Å²) in [4.78, 5) is 0. The number of hydrogen-bond acceptors (Lipinski definition) is 1. The van der Waals surface area contributed by atoms with E-state index in [1.807, 2.05) is 7.05 Å².